The minimum absolute atomic E-state index is 0.0988. The van der Waals surface area contributed by atoms with E-state index in [1.165, 1.54) is 0 Å². The third-order valence-electron chi connectivity index (χ3n) is 4.36. The number of ether oxygens (including phenoxy) is 1. The number of amides is 1. The van der Waals surface area contributed by atoms with Gasteiger partial charge in [0.05, 0.1) is 13.2 Å². The van der Waals surface area contributed by atoms with E-state index in [9.17, 15) is 4.79 Å². The molecule has 0 unspecified atom stereocenters. The second-order valence-corrected chi connectivity index (χ2v) is 5.78. The van der Waals surface area contributed by atoms with Crippen molar-refractivity contribution < 1.29 is 9.53 Å². The molecule has 6 heteroatoms. The number of likely N-dealkylation sites (N-methyl/N-ethyl adjacent to an activating group) is 1. The van der Waals surface area contributed by atoms with Crippen molar-refractivity contribution in [1.82, 2.24) is 19.6 Å². The first-order valence-corrected chi connectivity index (χ1v) is 7.77. The van der Waals surface area contributed by atoms with E-state index < -0.39 is 0 Å². The zero-order valence-electron chi connectivity index (χ0n) is 13.6. The van der Waals surface area contributed by atoms with Gasteiger partial charge >= 0.3 is 0 Å². The van der Waals surface area contributed by atoms with Crippen LogP contribution in [0.1, 0.15) is 11.6 Å². The SMILES string of the molecule is COc1ccccc1[C@@H]1CN(C(=O)Cn2cccn2)CCN1C. The van der Waals surface area contributed by atoms with Crippen LogP contribution >= 0.6 is 0 Å². The summed E-state index contributed by atoms with van der Waals surface area (Å²) in [6, 6.07) is 9.98. The zero-order valence-corrected chi connectivity index (χ0v) is 13.6. The molecule has 2 heterocycles. The third-order valence-corrected chi connectivity index (χ3v) is 4.36. The second-order valence-electron chi connectivity index (χ2n) is 5.78. The average Bonchev–Trinajstić information content (AvgIpc) is 3.08. The quantitative estimate of drug-likeness (QED) is 0.856. The third kappa shape index (κ3) is 3.37. The predicted molar refractivity (Wildman–Crippen MR) is 87.2 cm³/mol. The van der Waals surface area contributed by atoms with Crippen LogP contribution in [0.25, 0.3) is 0 Å². The topological polar surface area (TPSA) is 50.6 Å². The van der Waals surface area contributed by atoms with E-state index in [0.29, 0.717) is 6.54 Å². The summed E-state index contributed by atoms with van der Waals surface area (Å²) in [6.45, 7) is 2.53. The number of para-hydroxylation sites is 1. The molecule has 0 spiro atoms. The van der Waals surface area contributed by atoms with Gasteiger partial charge in [0, 0.05) is 37.6 Å². The van der Waals surface area contributed by atoms with Crippen LogP contribution in [0.4, 0.5) is 0 Å². The summed E-state index contributed by atoms with van der Waals surface area (Å²) in [5.74, 6) is 0.965. The van der Waals surface area contributed by atoms with Gasteiger partial charge < -0.3 is 9.64 Å². The first-order chi connectivity index (χ1) is 11.2. The summed E-state index contributed by atoms with van der Waals surface area (Å²) in [7, 11) is 3.77. The number of benzene rings is 1. The fourth-order valence-corrected chi connectivity index (χ4v) is 3.01. The molecular weight excluding hydrogens is 292 g/mol. The molecule has 122 valence electrons. The second kappa shape index (κ2) is 6.83. The van der Waals surface area contributed by atoms with Gasteiger partial charge in [0.1, 0.15) is 12.3 Å². The average molecular weight is 314 g/mol. The number of hydrogen-bond donors (Lipinski definition) is 0. The van der Waals surface area contributed by atoms with Gasteiger partial charge in [-0.1, -0.05) is 18.2 Å². The summed E-state index contributed by atoms with van der Waals surface area (Å²) in [5, 5.41) is 4.11. The van der Waals surface area contributed by atoms with E-state index in [4.69, 9.17) is 4.74 Å². The molecule has 0 bridgehead atoms. The molecule has 23 heavy (non-hydrogen) atoms. The van der Waals surface area contributed by atoms with Gasteiger partial charge in [-0.05, 0) is 19.2 Å². The number of nitrogens with zero attached hydrogens (tertiary/aromatic N) is 4. The van der Waals surface area contributed by atoms with E-state index in [1.54, 1.807) is 18.0 Å². The first kappa shape index (κ1) is 15.6. The fraction of sp³-hybridized carbons (Fsp3) is 0.412. The summed E-state index contributed by atoms with van der Waals surface area (Å²) in [6.07, 6.45) is 3.50. The maximum atomic E-state index is 12.5. The lowest BCUT2D eigenvalue weighted by molar-refractivity contribution is -0.134. The Kier molecular flexibility index (Phi) is 4.62. The smallest absolute Gasteiger partial charge is 0.244 e. The maximum Gasteiger partial charge on any atom is 0.244 e. The normalized spacial score (nSPS) is 18.9. The van der Waals surface area contributed by atoms with Crippen LogP contribution in [0, 0.1) is 0 Å². The molecule has 1 fully saturated rings. The molecule has 3 rings (SSSR count). The Morgan fingerprint density at radius 3 is 2.87 bits per heavy atom. The fourth-order valence-electron chi connectivity index (χ4n) is 3.01. The monoisotopic (exact) mass is 314 g/mol. The number of hydrogen-bond acceptors (Lipinski definition) is 4. The molecule has 0 aliphatic carbocycles. The molecule has 1 saturated heterocycles. The molecule has 0 radical (unpaired) electrons. The Hall–Kier alpha value is -2.34. The minimum atomic E-state index is 0.0988. The molecule has 2 aromatic rings. The van der Waals surface area contributed by atoms with Crippen LogP contribution in [0.2, 0.25) is 0 Å². The Morgan fingerprint density at radius 2 is 2.13 bits per heavy atom. The van der Waals surface area contributed by atoms with E-state index in [1.807, 2.05) is 35.4 Å². The largest absolute Gasteiger partial charge is 0.496 e. The number of aromatic nitrogens is 2. The van der Waals surface area contributed by atoms with E-state index in [0.717, 1.165) is 24.4 Å². The van der Waals surface area contributed by atoms with Gasteiger partial charge in [-0.15, -0.1) is 0 Å². The Morgan fingerprint density at radius 1 is 1.30 bits per heavy atom. The predicted octanol–water partition coefficient (Wildman–Crippen LogP) is 1.41. The van der Waals surface area contributed by atoms with Crippen molar-refractivity contribution in [2.75, 3.05) is 33.8 Å². The molecular formula is C17H22N4O2. The van der Waals surface area contributed by atoms with Crippen molar-refractivity contribution >= 4 is 5.91 Å². The summed E-state index contributed by atoms with van der Waals surface area (Å²) in [4.78, 5) is 16.7. The minimum Gasteiger partial charge on any atom is -0.496 e. The van der Waals surface area contributed by atoms with Crippen molar-refractivity contribution in [2.45, 2.75) is 12.6 Å². The standard InChI is InChI=1S/C17H22N4O2/c1-19-10-11-20(17(22)13-21-9-5-8-18-21)12-15(19)14-6-3-4-7-16(14)23-2/h3-9,15H,10-13H2,1-2H3/t15-/m0/s1. The molecule has 1 aliphatic heterocycles. The lowest BCUT2D eigenvalue weighted by atomic mass is 10.0. The van der Waals surface area contributed by atoms with Crippen molar-refractivity contribution in [3.63, 3.8) is 0 Å². The molecule has 1 amide bonds. The molecule has 1 aliphatic rings. The summed E-state index contributed by atoms with van der Waals surface area (Å²) in [5.41, 5.74) is 1.12. The number of methoxy groups -OCH3 is 1. The highest BCUT2D eigenvalue weighted by Gasteiger charge is 2.30. The van der Waals surface area contributed by atoms with Crippen LogP contribution in [0.3, 0.4) is 0 Å². The zero-order chi connectivity index (χ0) is 16.2. The highest BCUT2D eigenvalue weighted by molar-refractivity contribution is 5.76. The van der Waals surface area contributed by atoms with Crippen LogP contribution in [0.15, 0.2) is 42.7 Å². The Labute approximate surface area is 136 Å². The molecule has 6 nitrogen and oxygen atoms in total. The molecule has 1 aromatic carbocycles. The summed E-state index contributed by atoms with van der Waals surface area (Å²) >= 11 is 0. The van der Waals surface area contributed by atoms with Crippen LogP contribution < -0.4 is 4.74 Å². The highest BCUT2D eigenvalue weighted by Crippen LogP contribution is 2.31. The Balaban J connectivity index is 1.75. The van der Waals surface area contributed by atoms with Crippen LogP contribution in [-0.4, -0.2) is 59.3 Å². The maximum absolute atomic E-state index is 12.5. The highest BCUT2D eigenvalue weighted by atomic mass is 16.5. The summed E-state index contributed by atoms with van der Waals surface area (Å²) < 4.78 is 7.15. The molecule has 0 saturated carbocycles. The molecule has 1 aromatic heterocycles. The number of rotatable bonds is 4. The van der Waals surface area contributed by atoms with Gasteiger partial charge in [0.2, 0.25) is 5.91 Å². The van der Waals surface area contributed by atoms with E-state index in [-0.39, 0.29) is 18.5 Å². The van der Waals surface area contributed by atoms with Gasteiger partial charge in [-0.3, -0.25) is 14.4 Å². The van der Waals surface area contributed by atoms with Crippen LogP contribution in [-0.2, 0) is 11.3 Å². The lowest BCUT2D eigenvalue weighted by Crippen LogP contribution is -2.49. The number of piperazine rings is 1. The number of carbonyl (C=O) groups excluding carboxylic acids is 1. The molecule has 0 N–H and O–H groups in total. The van der Waals surface area contributed by atoms with Gasteiger partial charge in [-0.25, -0.2) is 0 Å². The van der Waals surface area contributed by atoms with Crippen LogP contribution in [0.5, 0.6) is 5.75 Å². The van der Waals surface area contributed by atoms with Crippen molar-refractivity contribution in [2.24, 2.45) is 0 Å². The first-order valence-electron chi connectivity index (χ1n) is 7.77. The van der Waals surface area contributed by atoms with Gasteiger partial charge in [0.25, 0.3) is 0 Å². The Bertz CT molecular complexity index is 656. The van der Waals surface area contributed by atoms with Gasteiger partial charge in [0.15, 0.2) is 0 Å². The van der Waals surface area contributed by atoms with Crippen molar-refractivity contribution in [3.8, 4) is 5.75 Å². The van der Waals surface area contributed by atoms with E-state index >= 15 is 0 Å². The van der Waals surface area contributed by atoms with E-state index in [2.05, 4.69) is 23.1 Å². The molecule has 1 atom stereocenters. The number of carbonyl (C=O) groups is 1. The van der Waals surface area contributed by atoms with Crippen molar-refractivity contribution in [3.05, 3.63) is 48.3 Å². The lowest BCUT2D eigenvalue weighted by Gasteiger charge is -2.40. The van der Waals surface area contributed by atoms with Crippen molar-refractivity contribution in [1.29, 1.82) is 0 Å². The van der Waals surface area contributed by atoms with Gasteiger partial charge in [-0.2, -0.15) is 5.10 Å².